The Morgan fingerprint density at radius 3 is 2.20 bits per heavy atom. The van der Waals surface area contributed by atoms with Crippen molar-refractivity contribution in [1.82, 2.24) is 9.97 Å². The highest BCUT2D eigenvalue weighted by Crippen LogP contribution is 2.02. The van der Waals surface area contributed by atoms with Crippen LogP contribution < -0.4 is 5.73 Å². The lowest BCUT2D eigenvalue weighted by molar-refractivity contribution is 0.802. The molecule has 0 fully saturated rings. The molecule has 0 saturated carbocycles. The van der Waals surface area contributed by atoms with Crippen LogP contribution >= 0.6 is 12.4 Å². The molecule has 0 aliphatic carbocycles. The fraction of sp³-hybridized carbons (Fsp3) is 0.333. The second-order valence-corrected chi connectivity index (χ2v) is 1.96. The molecule has 0 bridgehead atoms. The molecule has 0 amide bonds. The van der Waals surface area contributed by atoms with E-state index in [-0.39, 0.29) is 18.4 Å². The minimum absolute atomic E-state index is 0. The van der Waals surface area contributed by atoms with Crippen LogP contribution in [-0.4, -0.2) is 9.97 Å². The van der Waals surface area contributed by atoms with E-state index in [1.807, 2.05) is 6.92 Å². The van der Waals surface area contributed by atoms with Gasteiger partial charge in [-0.15, -0.1) is 12.4 Å². The minimum atomic E-state index is 0. The molecule has 0 unspecified atom stereocenters. The molecule has 1 heterocycles. The predicted molar refractivity (Wildman–Crippen MR) is 41.9 cm³/mol. The molecule has 0 aliphatic rings. The van der Waals surface area contributed by atoms with Crippen molar-refractivity contribution >= 4 is 12.4 Å². The van der Waals surface area contributed by atoms with E-state index in [1.165, 1.54) is 6.33 Å². The second-order valence-electron chi connectivity index (χ2n) is 1.96. The number of nitrogens with two attached hydrogens (primary N) is 1. The summed E-state index contributed by atoms with van der Waals surface area (Å²) in [6.45, 7) is 1.90. The molecule has 4 heteroatoms. The van der Waals surface area contributed by atoms with E-state index in [4.69, 9.17) is 5.73 Å². The quantitative estimate of drug-likeness (QED) is 0.663. The zero-order valence-corrected chi connectivity index (χ0v) is 6.51. The molecule has 1 rings (SSSR count). The summed E-state index contributed by atoms with van der Waals surface area (Å²) in [7, 11) is 0. The van der Waals surface area contributed by atoms with Crippen molar-refractivity contribution in [2.75, 3.05) is 0 Å². The fourth-order valence-electron chi connectivity index (χ4n) is 0.546. The van der Waals surface area contributed by atoms with Gasteiger partial charge in [-0.1, -0.05) is 0 Å². The topological polar surface area (TPSA) is 51.8 Å². The molecule has 3 nitrogen and oxygen atoms in total. The van der Waals surface area contributed by atoms with Gasteiger partial charge < -0.3 is 5.73 Å². The molecule has 2 N–H and O–H groups in total. The van der Waals surface area contributed by atoms with Crippen LogP contribution in [0.1, 0.15) is 18.5 Å². The normalized spacial score (nSPS) is 11.8. The average Bonchev–Trinajstić information content (AvgIpc) is 1.90. The summed E-state index contributed by atoms with van der Waals surface area (Å²) in [4.78, 5) is 7.63. The first-order valence-electron chi connectivity index (χ1n) is 2.81. The Labute approximate surface area is 66.1 Å². The Hall–Kier alpha value is -0.670. The van der Waals surface area contributed by atoms with E-state index in [9.17, 15) is 0 Å². The van der Waals surface area contributed by atoms with Crippen LogP contribution in [0.4, 0.5) is 0 Å². The molecule has 0 saturated heterocycles. The lowest BCUT2D eigenvalue weighted by Crippen LogP contribution is -2.05. The van der Waals surface area contributed by atoms with Crippen LogP contribution in [0.3, 0.4) is 0 Å². The largest absolute Gasteiger partial charge is 0.324 e. The number of hydrogen-bond donors (Lipinski definition) is 1. The van der Waals surface area contributed by atoms with Gasteiger partial charge in [-0.25, -0.2) is 9.97 Å². The van der Waals surface area contributed by atoms with E-state index < -0.39 is 0 Å². The van der Waals surface area contributed by atoms with Gasteiger partial charge in [0.1, 0.15) is 6.33 Å². The monoisotopic (exact) mass is 159 g/mol. The number of halogens is 1. The second kappa shape index (κ2) is 4.19. The van der Waals surface area contributed by atoms with Crippen molar-refractivity contribution < 1.29 is 0 Å². The Bertz CT molecular complexity index is 176. The lowest BCUT2D eigenvalue weighted by Gasteiger charge is -2.00. The third-order valence-electron chi connectivity index (χ3n) is 1.11. The van der Waals surface area contributed by atoms with E-state index in [1.54, 1.807) is 12.4 Å². The molecular formula is C6H10ClN3. The lowest BCUT2D eigenvalue weighted by atomic mass is 10.2. The Kier molecular flexibility index (Phi) is 3.91. The minimum Gasteiger partial charge on any atom is -0.324 e. The van der Waals surface area contributed by atoms with E-state index in [0.717, 1.165) is 5.56 Å². The van der Waals surface area contributed by atoms with Crippen LogP contribution in [-0.2, 0) is 0 Å². The van der Waals surface area contributed by atoms with Gasteiger partial charge in [-0.2, -0.15) is 0 Å². The average molecular weight is 160 g/mol. The van der Waals surface area contributed by atoms with Crippen LogP contribution in [0, 0.1) is 0 Å². The van der Waals surface area contributed by atoms with E-state index in [0.29, 0.717) is 0 Å². The maximum atomic E-state index is 5.53. The summed E-state index contributed by atoms with van der Waals surface area (Å²) in [6.07, 6.45) is 4.93. The van der Waals surface area contributed by atoms with Gasteiger partial charge in [0, 0.05) is 24.0 Å². The molecule has 0 aromatic carbocycles. The molecule has 1 aromatic rings. The Balaban J connectivity index is 0.000000810. The molecule has 0 radical (unpaired) electrons. The first kappa shape index (κ1) is 9.33. The van der Waals surface area contributed by atoms with Gasteiger partial charge in [0.2, 0.25) is 0 Å². The zero-order chi connectivity index (χ0) is 6.69. The van der Waals surface area contributed by atoms with Crippen molar-refractivity contribution in [3.8, 4) is 0 Å². The van der Waals surface area contributed by atoms with E-state index in [2.05, 4.69) is 9.97 Å². The van der Waals surface area contributed by atoms with Gasteiger partial charge in [0.05, 0.1) is 0 Å². The summed E-state index contributed by atoms with van der Waals surface area (Å²) < 4.78 is 0. The molecule has 56 valence electrons. The van der Waals surface area contributed by atoms with Gasteiger partial charge in [-0.3, -0.25) is 0 Å². The summed E-state index contributed by atoms with van der Waals surface area (Å²) in [5.41, 5.74) is 6.50. The standard InChI is InChI=1S/C6H9N3.ClH/c1-5(7)6-2-8-4-9-3-6;/h2-5H,7H2,1H3;1H/t5-;/m1./s1. The van der Waals surface area contributed by atoms with Gasteiger partial charge >= 0.3 is 0 Å². The van der Waals surface area contributed by atoms with Crippen LogP contribution in [0.5, 0.6) is 0 Å². The van der Waals surface area contributed by atoms with Crippen molar-refractivity contribution in [2.45, 2.75) is 13.0 Å². The maximum Gasteiger partial charge on any atom is 0.115 e. The van der Waals surface area contributed by atoms with Crippen molar-refractivity contribution in [3.05, 3.63) is 24.3 Å². The first-order valence-corrected chi connectivity index (χ1v) is 2.81. The van der Waals surface area contributed by atoms with Crippen LogP contribution in [0.2, 0.25) is 0 Å². The first-order chi connectivity index (χ1) is 4.30. The number of nitrogens with zero attached hydrogens (tertiary/aromatic N) is 2. The third-order valence-corrected chi connectivity index (χ3v) is 1.11. The van der Waals surface area contributed by atoms with Crippen molar-refractivity contribution in [1.29, 1.82) is 0 Å². The van der Waals surface area contributed by atoms with Crippen LogP contribution in [0.25, 0.3) is 0 Å². The van der Waals surface area contributed by atoms with Gasteiger partial charge in [0.25, 0.3) is 0 Å². The summed E-state index contributed by atoms with van der Waals surface area (Å²) in [5.74, 6) is 0. The van der Waals surface area contributed by atoms with Crippen LogP contribution in [0.15, 0.2) is 18.7 Å². The van der Waals surface area contributed by atoms with E-state index >= 15 is 0 Å². The third kappa shape index (κ3) is 2.29. The molecular weight excluding hydrogens is 150 g/mol. The van der Waals surface area contributed by atoms with Gasteiger partial charge in [-0.05, 0) is 6.92 Å². The number of aromatic nitrogens is 2. The molecule has 10 heavy (non-hydrogen) atoms. The summed E-state index contributed by atoms with van der Waals surface area (Å²) in [5, 5.41) is 0. The number of hydrogen-bond acceptors (Lipinski definition) is 3. The summed E-state index contributed by atoms with van der Waals surface area (Å²) >= 11 is 0. The highest BCUT2D eigenvalue weighted by molar-refractivity contribution is 5.85. The van der Waals surface area contributed by atoms with Gasteiger partial charge in [0.15, 0.2) is 0 Å². The SMILES string of the molecule is C[C@@H](N)c1cncnc1.Cl. The summed E-state index contributed by atoms with van der Waals surface area (Å²) in [6, 6.07) is 0.0335. The highest BCUT2D eigenvalue weighted by atomic mass is 35.5. The zero-order valence-electron chi connectivity index (χ0n) is 5.69. The Morgan fingerprint density at radius 1 is 1.40 bits per heavy atom. The molecule has 1 atom stereocenters. The fourth-order valence-corrected chi connectivity index (χ4v) is 0.546. The molecule has 0 aliphatic heterocycles. The predicted octanol–water partition coefficient (Wildman–Crippen LogP) is 0.918. The Morgan fingerprint density at radius 2 is 1.90 bits per heavy atom. The highest BCUT2D eigenvalue weighted by Gasteiger charge is 1.95. The molecule has 1 aromatic heterocycles. The maximum absolute atomic E-state index is 5.53. The number of rotatable bonds is 1. The van der Waals surface area contributed by atoms with Crippen molar-refractivity contribution in [2.24, 2.45) is 5.73 Å². The van der Waals surface area contributed by atoms with Crippen molar-refractivity contribution in [3.63, 3.8) is 0 Å². The molecule has 0 spiro atoms. The smallest absolute Gasteiger partial charge is 0.115 e.